The van der Waals surface area contributed by atoms with Crippen LogP contribution >= 0.6 is 0 Å². The molecule has 72 valence electrons. The van der Waals surface area contributed by atoms with Crippen LogP contribution < -0.4 is 4.74 Å². The Balaban J connectivity index is 2.85. The second-order valence-electron chi connectivity index (χ2n) is 3.17. The first-order valence-electron chi connectivity index (χ1n) is 4.31. The molecular weight excluding hydrogens is 181 g/mol. The smallest absolute Gasteiger partial charge is 0.220 e. The number of halogens is 1. The van der Waals surface area contributed by atoms with Crippen molar-refractivity contribution in [2.75, 3.05) is 7.11 Å². The van der Waals surface area contributed by atoms with Crippen molar-refractivity contribution < 1.29 is 9.13 Å². The Morgan fingerprint density at radius 3 is 2.79 bits per heavy atom. The van der Waals surface area contributed by atoms with E-state index in [2.05, 4.69) is 4.98 Å². The standard InChI is InChI=1S/C11H10FNO/c1-7-3-4-8-9(5-7)10(14-2)6-13-11(8)12/h3-6H,1-2H3. The molecule has 0 aliphatic heterocycles. The second kappa shape index (κ2) is 3.25. The van der Waals surface area contributed by atoms with Gasteiger partial charge < -0.3 is 4.74 Å². The molecule has 0 atom stereocenters. The third-order valence-electron chi connectivity index (χ3n) is 2.18. The number of rotatable bonds is 1. The minimum Gasteiger partial charge on any atom is -0.494 e. The first-order valence-corrected chi connectivity index (χ1v) is 4.31. The summed E-state index contributed by atoms with van der Waals surface area (Å²) in [5, 5.41) is 1.26. The fraction of sp³-hybridized carbons (Fsp3) is 0.182. The average molecular weight is 191 g/mol. The van der Waals surface area contributed by atoms with Crippen LogP contribution in [0.3, 0.4) is 0 Å². The number of hydrogen-bond donors (Lipinski definition) is 0. The van der Waals surface area contributed by atoms with Crippen LogP contribution in [0.5, 0.6) is 5.75 Å². The molecule has 1 heterocycles. The molecule has 0 fully saturated rings. The predicted octanol–water partition coefficient (Wildman–Crippen LogP) is 2.69. The van der Waals surface area contributed by atoms with Gasteiger partial charge in [-0.05, 0) is 19.1 Å². The van der Waals surface area contributed by atoms with Gasteiger partial charge in [-0.2, -0.15) is 4.39 Å². The summed E-state index contributed by atoms with van der Waals surface area (Å²) in [5.74, 6) is 0.144. The van der Waals surface area contributed by atoms with Gasteiger partial charge in [0.15, 0.2) is 0 Å². The van der Waals surface area contributed by atoms with Crippen LogP contribution in [-0.4, -0.2) is 12.1 Å². The zero-order chi connectivity index (χ0) is 10.1. The van der Waals surface area contributed by atoms with Gasteiger partial charge in [0.2, 0.25) is 5.95 Å². The van der Waals surface area contributed by atoms with E-state index in [-0.39, 0.29) is 0 Å². The van der Waals surface area contributed by atoms with Gasteiger partial charge in [-0.3, -0.25) is 0 Å². The number of nitrogens with zero attached hydrogens (tertiary/aromatic N) is 1. The first kappa shape index (κ1) is 8.94. The number of methoxy groups -OCH3 is 1. The van der Waals surface area contributed by atoms with E-state index in [1.807, 2.05) is 19.1 Å². The van der Waals surface area contributed by atoms with Crippen molar-refractivity contribution in [1.29, 1.82) is 0 Å². The van der Waals surface area contributed by atoms with Gasteiger partial charge in [0.1, 0.15) is 5.75 Å². The highest BCUT2D eigenvalue weighted by molar-refractivity contribution is 5.88. The Hall–Kier alpha value is -1.64. The molecule has 2 nitrogen and oxygen atoms in total. The van der Waals surface area contributed by atoms with Crippen molar-refractivity contribution in [2.45, 2.75) is 6.92 Å². The van der Waals surface area contributed by atoms with Gasteiger partial charge in [0, 0.05) is 10.8 Å². The van der Waals surface area contributed by atoms with E-state index in [9.17, 15) is 4.39 Å². The maximum Gasteiger partial charge on any atom is 0.220 e. The SMILES string of the molecule is COc1cnc(F)c2ccc(C)cc12. The van der Waals surface area contributed by atoms with Crippen molar-refractivity contribution in [3.8, 4) is 5.75 Å². The minimum atomic E-state index is -0.458. The van der Waals surface area contributed by atoms with E-state index in [4.69, 9.17) is 4.74 Å². The monoisotopic (exact) mass is 191 g/mol. The highest BCUT2D eigenvalue weighted by atomic mass is 19.1. The van der Waals surface area contributed by atoms with Gasteiger partial charge in [-0.1, -0.05) is 11.6 Å². The van der Waals surface area contributed by atoms with Gasteiger partial charge in [0.05, 0.1) is 13.3 Å². The Kier molecular flexibility index (Phi) is 2.08. The summed E-state index contributed by atoms with van der Waals surface area (Å²) in [6.45, 7) is 1.96. The summed E-state index contributed by atoms with van der Waals surface area (Å²) in [7, 11) is 1.55. The van der Waals surface area contributed by atoms with Crippen molar-refractivity contribution in [2.24, 2.45) is 0 Å². The molecule has 0 amide bonds. The van der Waals surface area contributed by atoms with Crippen LogP contribution in [0.1, 0.15) is 5.56 Å². The molecule has 1 aromatic heterocycles. The number of aromatic nitrogens is 1. The lowest BCUT2D eigenvalue weighted by Crippen LogP contribution is -1.91. The van der Waals surface area contributed by atoms with Gasteiger partial charge in [0.25, 0.3) is 0 Å². The molecule has 0 aliphatic rings. The Bertz CT molecular complexity index is 482. The van der Waals surface area contributed by atoms with E-state index in [0.717, 1.165) is 10.9 Å². The Labute approximate surface area is 81.3 Å². The zero-order valence-electron chi connectivity index (χ0n) is 8.04. The molecule has 0 aliphatic carbocycles. The Morgan fingerprint density at radius 2 is 2.07 bits per heavy atom. The first-order chi connectivity index (χ1) is 6.72. The predicted molar refractivity (Wildman–Crippen MR) is 53.0 cm³/mol. The number of benzene rings is 1. The van der Waals surface area contributed by atoms with E-state index in [1.165, 1.54) is 6.20 Å². The normalized spacial score (nSPS) is 10.5. The summed E-state index contributed by atoms with van der Waals surface area (Å²) in [6.07, 6.45) is 1.40. The van der Waals surface area contributed by atoms with Crippen molar-refractivity contribution in [3.63, 3.8) is 0 Å². The zero-order valence-corrected chi connectivity index (χ0v) is 8.04. The Morgan fingerprint density at radius 1 is 1.29 bits per heavy atom. The molecule has 0 radical (unpaired) electrons. The number of aryl methyl sites for hydroxylation is 1. The van der Waals surface area contributed by atoms with Crippen LogP contribution in [0.25, 0.3) is 10.8 Å². The van der Waals surface area contributed by atoms with Crippen LogP contribution in [0.2, 0.25) is 0 Å². The largest absolute Gasteiger partial charge is 0.494 e. The number of fused-ring (bicyclic) bond motifs is 1. The molecular formula is C11H10FNO. The summed E-state index contributed by atoms with van der Waals surface area (Å²) >= 11 is 0. The molecule has 0 unspecified atom stereocenters. The summed E-state index contributed by atoms with van der Waals surface area (Å²) in [5.41, 5.74) is 1.07. The fourth-order valence-corrected chi connectivity index (χ4v) is 1.46. The summed E-state index contributed by atoms with van der Waals surface area (Å²) < 4.78 is 18.4. The number of ether oxygens (including phenoxy) is 1. The van der Waals surface area contributed by atoms with Crippen LogP contribution in [-0.2, 0) is 0 Å². The molecule has 0 spiro atoms. The van der Waals surface area contributed by atoms with E-state index >= 15 is 0 Å². The van der Waals surface area contributed by atoms with E-state index in [1.54, 1.807) is 13.2 Å². The fourth-order valence-electron chi connectivity index (χ4n) is 1.46. The second-order valence-corrected chi connectivity index (χ2v) is 3.17. The quantitative estimate of drug-likeness (QED) is 0.646. The lowest BCUT2D eigenvalue weighted by atomic mass is 10.1. The van der Waals surface area contributed by atoms with Crippen molar-refractivity contribution in [1.82, 2.24) is 4.98 Å². The molecule has 0 saturated carbocycles. The molecule has 0 saturated heterocycles. The highest BCUT2D eigenvalue weighted by Gasteiger charge is 2.06. The van der Waals surface area contributed by atoms with Crippen LogP contribution in [0.15, 0.2) is 24.4 Å². The number of pyridine rings is 1. The average Bonchev–Trinajstić information content (AvgIpc) is 2.18. The van der Waals surface area contributed by atoms with Gasteiger partial charge in [-0.25, -0.2) is 4.98 Å². The lowest BCUT2D eigenvalue weighted by Gasteiger charge is -2.05. The molecule has 0 bridgehead atoms. The van der Waals surface area contributed by atoms with E-state index in [0.29, 0.717) is 11.1 Å². The third kappa shape index (κ3) is 1.31. The van der Waals surface area contributed by atoms with Gasteiger partial charge in [-0.15, -0.1) is 0 Å². The third-order valence-corrected chi connectivity index (χ3v) is 2.18. The topological polar surface area (TPSA) is 22.1 Å². The lowest BCUT2D eigenvalue weighted by molar-refractivity contribution is 0.416. The van der Waals surface area contributed by atoms with Crippen molar-refractivity contribution in [3.05, 3.63) is 35.9 Å². The highest BCUT2D eigenvalue weighted by Crippen LogP contribution is 2.26. The maximum absolute atomic E-state index is 13.3. The minimum absolute atomic E-state index is 0.458. The van der Waals surface area contributed by atoms with Crippen LogP contribution in [0.4, 0.5) is 4.39 Å². The van der Waals surface area contributed by atoms with Gasteiger partial charge >= 0.3 is 0 Å². The van der Waals surface area contributed by atoms with E-state index < -0.39 is 5.95 Å². The van der Waals surface area contributed by atoms with Crippen LogP contribution in [0, 0.1) is 12.9 Å². The molecule has 2 rings (SSSR count). The maximum atomic E-state index is 13.3. The molecule has 1 aromatic carbocycles. The summed E-state index contributed by atoms with van der Waals surface area (Å²) in [6, 6.07) is 5.46. The summed E-state index contributed by atoms with van der Waals surface area (Å²) in [4.78, 5) is 3.62. The molecule has 14 heavy (non-hydrogen) atoms. The molecule has 0 N–H and O–H groups in total. The number of hydrogen-bond acceptors (Lipinski definition) is 2. The van der Waals surface area contributed by atoms with Crippen molar-refractivity contribution >= 4 is 10.8 Å². The molecule has 2 aromatic rings. The molecule has 3 heteroatoms.